The molecule has 0 bridgehead atoms. The molecule has 4 nitrogen and oxygen atoms in total. The van der Waals surface area contributed by atoms with Gasteiger partial charge in [0.15, 0.2) is 0 Å². The molecule has 2 aromatic carbocycles. The molecule has 3 rings (SSSR count). The van der Waals surface area contributed by atoms with Crippen molar-refractivity contribution < 1.29 is 9.18 Å². The highest BCUT2D eigenvalue weighted by Gasteiger charge is 2.12. The first-order valence-electron chi connectivity index (χ1n) is 6.60. The van der Waals surface area contributed by atoms with Gasteiger partial charge in [0.1, 0.15) is 10.8 Å². The van der Waals surface area contributed by atoms with E-state index in [1.165, 1.54) is 29.5 Å². The number of hydrogen-bond donors (Lipinski definition) is 1. The normalized spacial score (nSPS) is 10.5. The van der Waals surface area contributed by atoms with Crippen molar-refractivity contribution in [3.8, 4) is 10.6 Å². The first-order chi connectivity index (χ1) is 10.6. The highest BCUT2D eigenvalue weighted by molar-refractivity contribution is 7.18. The number of aryl methyl sites for hydroxylation is 1. The van der Waals surface area contributed by atoms with Crippen LogP contribution in [0.15, 0.2) is 48.5 Å². The summed E-state index contributed by atoms with van der Waals surface area (Å²) in [5.74, 6) is -0.863. The van der Waals surface area contributed by atoms with Gasteiger partial charge in [0.2, 0.25) is 5.13 Å². The first kappa shape index (κ1) is 14.3. The second-order valence-corrected chi connectivity index (χ2v) is 5.67. The van der Waals surface area contributed by atoms with Gasteiger partial charge in [0.25, 0.3) is 5.91 Å². The smallest absolute Gasteiger partial charge is 0.257 e. The molecule has 0 spiro atoms. The highest BCUT2D eigenvalue weighted by Crippen LogP contribution is 2.28. The maximum atomic E-state index is 13.1. The van der Waals surface area contributed by atoms with Gasteiger partial charge in [0.05, 0.1) is 0 Å². The van der Waals surface area contributed by atoms with Crippen molar-refractivity contribution in [1.82, 2.24) is 10.2 Å². The number of hydrogen-bond acceptors (Lipinski definition) is 4. The number of nitrogens with one attached hydrogen (secondary N) is 1. The number of amides is 1. The zero-order valence-electron chi connectivity index (χ0n) is 11.7. The van der Waals surface area contributed by atoms with Gasteiger partial charge in [-0.05, 0) is 30.7 Å². The van der Waals surface area contributed by atoms with Crippen LogP contribution in [0.1, 0.15) is 15.9 Å². The van der Waals surface area contributed by atoms with Crippen molar-refractivity contribution in [1.29, 1.82) is 0 Å². The Morgan fingerprint density at radius 3 is 2.73 bits per heavy atom. The molecule has 0 fully saturated rings. The van der Waals surface area contributed by atoms with Crippen LogP contribution in [-0.2, 0) is 0 Å². The lowest BCUT2D eigenvalue weighted by Gasteiger charge is -2.01. The topological polar surface area (TPSA) is 54.9 Å². The number of aromatic nitrogens is 2. The molecular formula is C16H12FN3OS. The van der Waals surface area contributed by atoms with Crippen molar-refractivity contribution in [2.75, 3.05) is 5.32 Å². The van der Waals surface area contributed by atoms with E-state index in [2.05, 4.69) is 15.5 Å². The van der Waals surface area contributed by atoms with E-state index in [9.17, 15) is 9.18 Å². The Morgan fingerprint density at radius 2 is 1.95 bits per heavy atom. The molecule has 6 heteroatoms. The lowest BCUT2D eigenvalue weighted by atomic mass is 10.1. The molecule has 1 amide bonds. The summed E-state index contributed by atoms with van der Waals surface area (Å²) in [5, 5.41) is 11.8. The standard InChI is InChI=1S/C16H12FN3OS/c1-10-5-2-3-8-13(10)15-19-20-16(22-15)18-14(21)11-6-4-7-12(17)9-11/h2-9H,1H3,(H,18,20,21). The Kier molecular flexibility index (Phi) is 3.93. The third-order valence-corrected chi connectivity index (χ3v) is 3.98. The number of carbonyl (C=O) groups excluding carboxylic acids is 1. The zero-order chi connectivity index (χ0) is 15.5. The van der Waals surface area contributed by atoms with Crippen LogP contribution in [0.3, 0.4) is 0 Å². The van der Waals surface area contributed by atoms with Crippen LogP contribution in [0.4, 0.5) is 9.52 Å². The van der Waals surface area contributed by atoms with Crippen LogP contribution in [0.25, 0.3) is 10.6 Å². The van der Waals surface area contributed by atoms with E-state index in [1.54, 1.807) is 6.07 Å². The summed E-state index contributed by atoms with van der Waals surface area (Å²) in [6, 6.07) is 13.3. The monoisotopic (exact) mass is 313 g/mol. The van der Waals surface area contributed by atoms with Gasteiger partial charge in [0, 0.05) is 11.1 Å². The van der Waals surface area contributed by atoms with E-state index < -0.39 is 11.7 Å². The fraction of sp³-hybridized carbons (Fsp3) is 0.0625. The summed E-state index contributed by atoms with van der Waals surface area (Å²) >= 11 is 1.28. The van der Waals surface area contributed by atoms with E-state index in [1.807, 2.05) is 31.2 Å². The van der Waals surface area contributed by atoms with Crippen LogP contribution in [0.5, 0.6) is 0 Å². The molecule has 0 saturated heterocycles. The number of carbonyl (C=O) groups is 1. The van der Waals surface area contributed by atoms with Crippen LogP contribution >= 0.6 is 11.3 Å². The average molecular weight is 313 g/mol. The van der Waals surface area contributed by atoms with Gasteiger partial charge in [-0.3, -0.25) is 10.1 Å². The van der Waals surface area contributed by atoms with Crippen LogP contribution in [-0.4, -0.2) is 16.1 Å². The van der Waals surface area contributed by atoms with Crippen LogP contribution < -0.4 is 5.32 Å². The minimum absolute atomic E-state index is 0.243. The number of nitrogens with zero attached hydrogens (tertiary/aromatic N) is 2. The Labute approximate surface area is 130 Å². The Balaban J connectivity index is 1.80. The first-order valence-corrected chi connectivity index (χ1v) is 7.41. The van der Waals surface area contributed by atoms with Crippen molar-refractivity contribution >= 4 is 22.4 Å². The quantitative estimate of drug-likeness (QED) is 0.797. The lowest BCUT2D eigenvalue weighted by Crippen LogP contribution is -2.11. The van der Waals surface area contributed by atoms with Gasteiger partial charge < -0.3 is 0 Å². The van der Waals surface area contributed by atoms with Crippen molar-refractivity contribution in [3.05, 3.63) is 65.5 Å². The minimum Gasteiger partial charge on any atom is -0.296 e. The summed E-state index contributed by atoms with van der Waals surface area (Å²) in [4.78, 5) is 12.0. The summed E-state index contributed by atoms with van der Waals surface area (Å²) in [5.41, 5.74) is 2.31. The van der Waals surface area contributed by atoms with Crippen LogP contribution in [0.2, 0.25) is 0 Å². The Morgan fingerprint density at radius 1 is 1.14 bits per heavy atom. The highest BCUT2D eigenvalue weighted by atomic mass is 32.1. The lowest BCUT2D eigenvalue weighted by molar-refractivity contribution is 0.102. The van der Waals surface area contributed by atoms with Gasteiger partial charge >= 0.3 is 0 Å². The molecule has 3 aromatic rings. The van der Waals surface area contributed by atoms with Gasteiger partial charge in [-0.25, -0.2) is 4.39 Å². The second-order valence-electron chi connectivity index (χ2n) is 4.69. The number of halogens is 1. The SMILES string of the molecule is Cc1ccccc1-c1nnc(NC(=O)c2cccc(F)c2)s1. The molecule has 0 aliphatic carbocycles. The fourth-order valence-corrected chi connectivity index (χ4v) is 2.82. The van der Waals surface area contributed by atoms with Gasteiger partial charge in [-0.2, -0.15) is 0 Å². The molecular weight excluding hydrogens is 301 g/mol. The third-order valence-electron chi connectivity index (χ3n) is 3.11. The molecule has 22 heavy (non-hydrogen) atoms. The number of rotatable bonds is 3. The number of anilines is 1. The molecule has 0 aliphatic rings. The second kappa shape index (κ2) is 6.03. The molecule has 0 unspecified atom stereocenters. The average Bonchev–Trinajstić information content (AvgIpc) is 2.96. The maximum Gasteiger partial charge on any atom is 0.257 e. The molecule has 1 aromatic heterocycles. The fourth-order valence-electron chi connectivity index (χ4n) is 1.99. The van der Waals surface area contributed by atoms with E-state index in [0.29, 0.717) is 5.13 Å². The molecule has 110 valence electrons. The summed E-state index contributed by atoms with van der Waals surface area (Å²) < 4.78 is 13.1. The van der Waals surface area contributed by atoms with Crippen molar-refractivity contribution in [2.45, 2.75) is 6.92 Å². The largest absolute Gasteiger partial charge is 0.296 e. The summed E-state index contributed by atoms with van der Waals surface area (Å²) in [7, 11) is 0. The van der Waals surface area contributed by atoms with Crippen molar-refractivity contribution in [2.24, 2.45) is 0 Å². The zero-order valence-corrected chi connectivity index (χ0v) is 12.5. The predicted molar refractivity (Wildman–Crippen MR) is 84.4 cm³/mol. The molecule has 0 saturated carbocycles. The third kappa shape index (κ3) is 3.01. The maximum absolute atomic E-state index is 13.1. The number of benzene rings is 2. The molecule has 0 atom stereocenters. The van der Waals surface area contributed by atoms with E-state index in [4.69, 9.17) is 0 Å². The van der Waals surface area contributed by atoms with E-state index in [-0.39, 0.29) is 5.56 Å². The van der Waals surface area contributed by atoms with Crippen LogP contribution in [0, 0.1) is 12.7 Å². The molecule has 0 aliphatic heterocycles. The van der Waals surface area contributed by atoms with E-state index in [0.717, 1.165) is 16.1 Å². The molecule has 1 N–H and O–H groups in total. The Bertz CT molecular complexity index is 832. The van der Waals surface area contributed by atoms with E-state index >= 15 is 0 Å². The Hall–Kier alpha value is -2.60. The van der Waals surface area contributed by atoms with Crippen molar-refractivity contribution in [3.63, 3.8) is 0 Å². The minimum atomic E-state index is -0.453. The molecule has 0 radical (unpaired) electrons. The summed E-state index contributed by atoms with van der Waals surface area (Å²) in [6.07, 6.45) is 0. The summed E-state index contributed by atoms with van der Waals surface area (Å²) in [6.45, 7) is 1.99. The molecule has 1 heterocycles. The van der Waals surface area contributed by atoms with Gasteiger partial charge in [-0.15, -0.1) is 10.2 Å². The van der Waals surface area contributed by atoms with Gasteiger partial charge in [-0.1, -0.05) is 41.7 Å². The predicted octanol–water partition coefficient (Wildman–Crippen LogP) is 3.90.